The highest BCUT2D eigenvalue weighted by Gasteiger charge is 2.49. The van der Waals surface area contributed by atoms with Crippen molar-refractivity contribution in [1.82, 2.24) is 0 Å². The molecule has 0 amide bonds. The van der Waals surface area contributed by atoms with Crippen molar-refractivity contribution in [2.45, 2.75) is 44.4 Å². The van der Waals surface area contributed by atoms with E-state index >= 15 is 0 Å². The predicted octanol–water partition coefficient (Wildman–Crippen LogP) is 1.99. The van der Waals surface area contributed by atoms with Crippen LogP contribution in [0.4, 0.5) is 4.39 Å². The molecule has 0 saturated carbocycles. The van der Waals surface area contributed by atoms with Gasteiger partial charge in [-0.3, -0.25) is 0 Å². The Labute approximate surface area is 111 Å². The summed E-state index contributed by atoms with van der Waals surface area (Å²) in [5.74, 6) is -1.93. The van der Waals surface area contributed by atoms with E-state index in [-0.39, 0.29) is 12.4 Å². The first-order valence-corrected chi connectivity index (χ1v) is 6.40. The largest absolute Gasteiger partial charge is 0.459 e. The maximum Gasteiger partial charge on any atom is 0.237 e. The van der Waals surface area contributed by atoms with Crippen LogP contribution in [0.1, 0.15) is 25.8 Å². The van der Waals surface area contributed by atoms with Crippen molar-refractivity contribution >= 4 is 0 Å². The van der Waals surface area contributed by atoms with Crippen molar-refractivity contribution in [2.75, 3.05) is 6.61 Å². The lowest BCUT2D eigenvalue weighted by Crippen LogP contribution is -2.51. The monoisotopic (exact) mass is 268 g/mol. The lowest BCUT2D eigenvalue weighted by Gasteiger charge is -2.37. The number of hydrogen-bond donors (Lipinski definition) is 1. The molecule has 3 rings (SSSR count). The molecule has 0 bridgehead atoms. The highest BCUT2D eigenvalue weighted by Crippen LogP contribution is 2.38. The van der Waals surface area contributed by atoms with Gasteiger partial charge in [-0.2, -0.15) is 0 Å². The van der Waals surface area contributed by atoms with E-state index in [2.05, 4.69) is 0 Å². The second kappa shape index (κ2) is 4.16. The second-order valence-electron chi connectivity index (χ2n) is 5.52. The standard InChI is InChI=1S/C14H17FO4/c1-13(2)17-8-12(19-13)14(16)6-5-9-7-10(15)3-4-11(9)18-14/h3-4,7,12,16H,5-6,8H2,1-2H3/t12-,14+/m1/s1. The first-order valence-electron chi connectivity index (χ1n) is 6.40. The maximum atomic E-state index is 13.1. The van der Waals surface area contributed by atoms with Gasteiger partial charge in [0.25, 0.3) is 0 Å². The zero-order chi connectivity index (χ0) is 13.7. The summed E-state index contributed by atoms with van der Waals surface area (Å²) in [4.78, 5) is 0. The van der Waals surface area contributed by atoms with Crippen LogP contribution in [0, 0.1) is 5.82 Å². The van der Waals surface area contributed by atoms with Gasteiger partial charge in [-0.05, 0) is 44.0 Å². The van der Waals surface area contributed by atoms with Gasteiger partial charge < -0.3 is 19.3 Å². The lowest BCUT2D eigenvalue weighted by atomic mass is 9.96. The molecule has 0 aliphatic carbocycles. The minimum atomic E-state index is -1.42. The Bertz CT molecular complexity index is 502. The SMILES string of the molecule is CC1(C)OC[C@H]([C@]2(O)CCc3cc(F)ccc3O2)O1. The van der Waals surface area contributed by atoms with Crippen LogP contribution in [0.25, 0.3) is 0 Å². The van der Waals surface area contributed by atoms with Crippen LogP contribution >= 0.6 is 0 Å². The van der Waals surface area contributed by atoms with Crippen LogP contribution in [0.5, 0.6) is 5.75 Å². The van der Waals surface area contributed by atoms with E-state index in [0.29, 0.717) is 18.6 Å². The van der Waals surface area contributed by atoms with Crippen LogP contribution in [-0.4, -0.2) is 29.4 Å². The molecular formula is C14H17FO4. The van der Waals surface area contributed by atoms with Gasteiger partial charge in [0, 0.05) is 6.42 Å². The molecule has 1 fully saturated rings. The number of rotatable bonds is 1. The molecule has 0 radical (unpaired) electrons. The second-order valence-corrected chi connectivity index (χ2v) is 5.52. The number of hydrogen-bond acceptors (Lipinski definition) is 4. The van der Waals surface area contributed by atoms with Crippen molar-refractivity contribution in [1.29, 1.82) is 0 Å². The van der Waals surface area contributed by atoms with E-state index in [0.717, 1.165) is 5.56 Å². The van der Waals surface area contributed by atoms with Gasteiger partial charge in [0.15, 0.2) is 5.79 Å². The first-order chi connectivity index (χ1) is 8.88. The van der Waals surface area contributed by atoms with Gasteiger partial charge in [-0.15, -0.1) is 0 Å². The summed E-state index contributed by atoms with van der Waals surface area (Å²) in [7, 11) is 0. The Kier molecular flexibility index (Phi) is 2.81. The fourth-order valence-electron chi connectivity index (χ4n) is 2.53. The van der Waals surface area contributed by atoms with Crippen molar-refractivity contribution < 1.29 is 23.7 Å². The first kappa shape index (κ1) is 12.8. The van der Waals surface area contributed by atoms with Gasteiger partial charge in [-0.25, -0.2) is 4.39 Å². The summed E-state index contributed by atoms with van der Waals surface area (Å²) in [5, 5.41) is 10.6. The molecule has 2 aliphatic rings. The number of aliphatic hydroxyl groups is 1. The maximum absolute atomic E-state index is 13.1. The molecular weight excluding hydrogens is 251 g/mol. The van der Waals surface area contributed by atoms with E-state index in [1.165, 1.54) is 18.2 Å². The number of fused-ring (bicyclic) bond motifs is 1. The minimum absolute atomic E-state index is 0.278. The molecule has 1 saturated heterocycles. The molecule has 2 aliphatic heterocycles. The Balaban J connectivity index is 1.82. The van der Waals surface area contributed by atoms with E-state index < -0.39 is 17.7 Å². The molecule has 2 atom stereocenters. The molecule has 5 heteroatoms. The highest BCUT2D eigenvalue weighted by molar-refractivity contribution is 5.36. The average molecular weight is 268 g/mol. The smallest absolute Gasteiger partial charge is 0.237 e. The third-order valence-electron chi connectivity index (χ3n) is 3.57. The van der Waals surface area contributed by atoms with Crippen LogP contribution in [0.3, 0.4) is 0 Å². The Morgan fingerprint density at radius 2 is 2.16 bits per heavy atom. The summed E-state index contributed by atoms with van der Waals surface area (Å²) in [6.45, 7) is 3.87. The van der Waals surface area contributed by atoms with Gasteiger partial charge in [0.1, 0.15) is 17.7 Å². The molecule has 1 N–H and O–H groups in total. The van der Waals surface area contributed by atoms with Crippen LogP contribution < -0.4 is 4.74 Å². The average Bonchev–Trinajstić information content (AvgIpc) is 2.71. The zero-order valence-corrected chi connectivity index (χ0v) is 11.0. The highest BCUT2D eigenvalue weighted by atomic mass is 19.1. The molecule has 4 nitrogen and oxygen atoms in total. The van der Waals surface area contributed by atoms with Crippen LogP contribution in [-0.2, 0) is 15.9 Å². The predicted molar refractivity (Wildman–Crippen MR) is 65.2 cm³/mol. The topological polar surface area (TPSA) is 47.9 Å². The van der Waals surface area contributed by atoms with E-state index in [9.17, 15) is 9.50 Å². The van der Waals surface area contributed by atoms with Gasteiger partial charge in [0.05, 0.1) is 6.61 Å². The third-order valence-corrected chi connectivity index (χ3v) is 3.57. The molecule has 0 spiro atoms. The van der Waals surface area contributed by atoms with Crippen molar-refractivity contribution in [2.24, 2.45) is 0 Å². The Morgan fingerprint density at radius 1 is 1.37 bits per heavy atom. The van der Waals surface area contributed by atoms with Crippen LogP contribution in [0.15, 0.2) is 18.2 Å². The van der Waals surface area contributed by atoms with E-state index in [1.54, 1.807) is 13.8 Å². The molecule has 104 valence electrons. The number of aryl methyl sites for hydroxylation is 1. The molecule has 19 heavy (non-hydrogen) atoms. The van der Waals surface area contributed by atoms with Crippen LogP contribution in [0.2, 0.25) is 0 Å². The summed E-state index contributed by atoms with van der Waals surface area (Å²) >= 11 is 0. The van der Waals surface area contributed by atoms with Gasteiger partial charge in [0.2, 0.25) is 5.79 Å². The Morgan fingerprint density at radius 3 is 2.84 bits per heavy atom. The number of ether oxygens (including phenoxy) is 3. The molecule has 0 aromatic heterocycles. The lowest BCUT2D eigenvalue weighted by molar-refractivity contribution is -0.239. The quantitative estimate of drug-likeness (QED) is 0.846. The number of halogens is 1. The summed E-state index contributed by atoms with van der Waals surface area (Å²) < 4.78 is 29.9. The summed E-state index contributed by atoms with van der Waals surface area (Å²) in [5.41, 5.74) is 0.767. The van der Waals surface area contributed by atoms with Gasteiger partial charge in [-0.1, -0.05) is 0 Å². The fourth-order valence-corrected chi connectivity index (χ4v) is 2.53. The van der Waals surface area contributed by atoms with Crippen molar-refractivity contribution in [3.05, 3.63) is 29.6 Å². The molecule has 2 heterocycles. The van der Waals surface area contributed by atoms with E-state index in [4.69, 9.17) is 14.2 Å². The Hall–Kier alpha value is -1.17. The summed E-state index contributed by atoms with van der Waals surface area (Å²) in [6.07, 6.45) is 0.359. The fraction of sp³-hybridized carbons (Fsp3) is 0.571. The third kappa shape index (κ3) is 2.33. The van der Waals surface area contributed by atoms with E-state index in [1.807, 2.05) is 0 Å². The van der Waals surface area contributed by atoms with Crippen molar-refractivity contribution in [3.8, 4) is 5.75 Å². The zero-order valence-electron chi connectivity index (χ0n) is 11.0. The minimum Gasteiger partial charge on any atom is -0.459 e. The molecule has 1 aromatic carbocycles. The van der Waals surface area contributed by atoms with Crippen molar-refractivity contribution in [3.63, 3.8) is 0 Å². The summed E-state index contributed by atoms with van der Waals surface area (Å²) in [6, 6.07) is 4.29. The molecule has 0 unspecified atom stereocenters. The molecule has 1 aromatic rings. The normalized spacial score (nSPS) is 32.7. The van der Waals surface area contributed by atoms with Gasteiger partial charge >= 0.3 is 0 Å². The number of benzene rings is 1.